The Bertz CT molecular complexity index is 1450. The van der Waals surface area contributed by atoms with Crippen molar-refractivity contribution in [2.45, 2.75) is 64.1 Å². The van der Waals surface area contributed by atoms with E-state index < -0.39 is 0 Å². The van der Waals surface area contributed by atoms with E-state index >= 15 is 0 Å². The molecule has 0 bridgehead atoms. The van der Waals surface area contributed by atoms with Crippen molar-refractivity contribution in [3.8, 4) is 5.75 Å². The summed E-state index contributed by atoms with van der Waals surface area (Å²) in [6, 6.07) is 31.3. The van der Waals surface area contributed by atoms with Gasteiger partial charge in [-0.3, -0.25) is 0 Å². The van der Waals surface area contributed by atoms with Gasteiger partial charge in [0.25, 0.3) is 0 Å². The lowest BCUT2D eigenvalue weighted by atomic mass is 9.92. The molecule has 4 aromatic rings. The molecule has 4 nitrogen and oxygen atoms in total. The van der Waals surface area contributed by atoms with E-state index in [1.54, 1.807) is 0 Å². The highest BCUT2D eigenvalue weighted by Crippen LogP contribution is 2.45. The van der Waals surface area contributed by atoms with E-state index in [-0.39, 0.29) is 18.3 Å². The van der Waals surface area contributed by atoms with Crippen molar-refractivity contribution in [2.75, 3.05) is 19.1 Å². The van der Waals surface area contributed by atoms with E-state index in [4.69, 9.17) is 42.1 Å². The highest BCUT2D eigenvalue weighted by atomic mass is 79.9. The quantitative estimate of drug-likeness (QED) is 0.123. The molecule has 0 aliphatic carbocycles. The Labute approximate surface area is 279 Å². The van der Waals surface area contributed by atoms with Gasteiger partial charge in [-0.2, -0.15) is 0 Å². The maximum Gasteiger partial charge on any atom is 0.140 e. The number of hydrogen-bond acceptors (Lipinski definition) is 4. The van der Waals surface area contributed by atoms with Crippen LogP contribution in [-0.2, 0) is 40.3 Å². The van der Waals surface area contributed by atoms with Crippen molar-refractivity contribution in [3.63, 3.8) is 0 Å². The van der Waals surface area contributed by atoms with E-state index in [2.05, 4.69) is 77.5 Å². The third-order valence-corrected chi connectivity index (χ3v) is 9.44. The molecule has 1 saturated heterocycles. The molecular weight excluding hydrogens is 659 g/mol. The predicted octanol–water partition coefficient (Wildman–Crippen LogP) is 9.90. The first kappa shape index (κ1) is 33.0. The molecule has 5 rings (SSSR count). The molecule has 1 fully saturated rings. The topological polar surface area (TPSA) is 36.9 Å². The molecule has 0 radical (unpaired) electrons. The van der Waals surface area contributed by atoms with E-state index in [0.717, 1.165) is 39.6 Å². The summed E-state index contributed by atoms with van der Waals surface area (Å²) in [6.07, 6.45) is 2.65. The molecule has 0 saturated carbocycles. The minimum Gasteiger partial charge on any atom is -0.491 e. The van der Waals surface area contributed by atoms with Crippen LogP contribution in [0.25, 0.3) is 0 Å². The lowest BCUT2D eigenvalue weighted by Crippen LogP contribution is -2.36. The van der Waals surface area contributed by atoms with Gasteiger partial charge >= 0.3 is 0 Å². The molecule has 44 heavy (non-hydrogen) atoms. The lowest BCUT2D eigenvalue weighted by Gasteiger charge is -2.36. The third kappa shape index (κ3) is 9.09. The lowest BCUT2D eigenvalue weighted by molar-refractivity contribution is -0.142. The SMILES string of the molecule is CCc1ccc(Cc2cc(C3CC(OCc4ccccc4)CC(COCc4ccccc4)O3)c(OCCCl)c(Br)c2Cl)cc1. The average Bonchev–Trinajstić information content (AvgIpc) is 3.06. The van der Waals surface area contributed by atoms with E-state index in [1.807, 2.05) is 36.4 Å². The van der Waals surface area contributed by atoms with E-state index in [1.165, 1.54) is 11.1 Å². The van der Waals surface area contributed by atoms with Gasteiger partial charge in [0.1, 0.15) is 12.4 Å². The summed E-state index contributed by atoms with van der Waals surface area (Å²) >= 11 is 16.8. The van der Waals surface area contributed by atoms with Crippen LogP contribution in [-0.4, -0.2) is 31.3 Å². The largest absolute Gasteiger partial charge is 0.491 e. The van der Waals surface area contributed by atoms with Crippen LogP contribution in [0, 0.1) is 0 Å². The monoisotopic (exact) mass is 696 g/mol. The van der Waals surface area contributed by atoms with Gasteiger partial charge in [-0.1, -0.05) is 103 Å². The number of alkyl halides is 1. The standard InChI is InChI=1S/C37H39BrCl2O4/c1-2-26-13-15-27(16-14-26)19-30-20-33(37(42-18-17-39)35(38)36(30)40)34-22-31(43-24-29-11-7-4-8-12-29)21-32(44-34)25-41-23-28-9-5-3-6-10-28/h3-16,20,31-32,34H,2,17-19,21-25H2,1H3. The second-order valence-electron chi connectivity index (χ2n) is 11.1. The van der Waals surface area contributed by atoms with Crippen LogP contribution in [0.2, 0.25) is 5.02 Å². The maximum atomic E-state index is 6.95. The second-order valence-corrected chi connectivity index (χ2v) is 12.7. The average molecular weight is 699 g/mol. The molecule has 3 atom stereocenters. The summed E-state index contributed by atoms with van der Waals surface area (Å²) in [4.78, 5) is 0. The summed E-state index contributed by atoms with van der Waals surface area (Å²) in [5, 5.41) is 0.633. The number of aryl methyl sites for hydroxylation is 1. The summed E-state index contributed by atoms with van der Waals surface area (Å²) < 4.78 is 26.3. The molecule has 0 spiro atoms. The number of rotatable bonds is 14. The molecule has 1 aliphatic rings. The Balaban J connectivity index is 1.41. The normalized spacial score (nSPS) is 18.3. The zero-order chi connectivity index (χ0) is 30.7. The molecular formula is C37H39BrCl2O4. The summed E-state index contributed by atoms with van der Waals surface area (Å²) in [5.74, 6) is 1.03. The molecule has 232 valence electrons. The summed E-state index contributed by atoms with van der Waals surface area (Å²) in [5.41, 5.74) is 6.72. The van der Waals surface area contributed by atoms with E-state index in [0.29, 0.717) is 55.9 Å². The molecule has 0 aromatic heterocycles. The van der Waals surface area contributed by atoms with Gasteiger partial charge in [0.15, 0.2) is 0 Å². The van der Waals surface area contributed by atoms with Crippen LogP contribution < -0.4 is 4.74 Å². The van der Waals surface area contributed by atoms with Crippen molar-refractivity contribution >= 4 is 39.1 Å². The number of halogens is 3. The van der Waals surface area contributed by atoms with Crippen LogP contribution in [0.4, 0.5) is 0 Å². The molecule has 1 aliphatic heterocycles. The Hall–Kier alpha value is -2.38. The number of ether oxygens (including phenoxy) is 4. The minimum absolute atomic E-state index is 0.0281. The molecule has 0 N–H and O–H groups in total. The Morgan fingerprint density at radius 1 is 0.841 bits per heavy atom. The van der Waals surface area contributed by atoms with Gasteiger partial charge in [-0.05, 0) is 62.7 Å². The number of benzene rings is 4. The van der Waals surface area contributed by atoms with Gasteiger partial charge in [0.2, 0.25) is 0 Å². The van der Waals surface area contributed by atoms with Gasteiger partial charge in [0.05, 0.1) is 53.5 Å². The third-order valence-electron chi connectivity index (χ3n) is 7.87. The highest BCUT2D eigenvalue weighted by Gasteiger charge is 2.34. The van der Waals surface area contributed by atoms with Crippen molar-refractivity contribution in [2.24, 2.45) is 0 Å². The van der Waals surface area contributed by atoms with Crippen LogP contribution in [0.5, 0.6) is 5.75 Å². The Morgan fingerprint density at radius 2 is 1.50 bits per heavy atom. The van der Waals surface area contributed by atoms with Crippen molar-refractivity contribution < 1.29 is 18.9 Å². The summed E-state index contributed by atoms with van der Waals surface area (Å²) in [7, 11) is 0. The molecule has 1 heterocycles. The van der Waals surface area contributed by atoms with Crippen LogP contribution in [0.3, 0.4) is 0 Å². The van der Waals surface area contributed by atoms with Crippen molar-refractivity contribution in [1.29, 1.82) is 0 Å². The first-order valence-corrected chi connectivity index (χ1v) is 16.9. The van der Waals surface area contributed by atoms with Gasteiger partial charge in [-0.15, -0.1) is 11.6 Å². The smallest absolute Gasteiger partial charge is 0.140 e. The molecule has 7 heteroatoms. The van der Waals surface area contributed by atoms with Gasteiger partial charge in [-0.25, -0.2) is 0 Å². The second kappa shape index (κ2) is 16.8. The highest BCUT2D eigenvalue weighted by molar-refractivity contribution is 9.10. The van der Waals surface area contributed by atoms with Crippen LogP contribution in [0.1, 0.15) is 59.3 Å². The van der Waals surface area contributed by atoms with Crippen molar-refractivity contribution in [3.05, 3.63) is 134 Å². The maximum absolute atomic E-state index is 6.95. The first-order valence-electron chi connectivity index (χ1n) is 15.2. The predicted molar refractivity (Wildman–Crippen MR) is 182 cm³/mol. The molecule has 0 amide bonds. The fourth-order valence-corrected chi connectivity index (χ4v) is 6.42. The molecule has 4 aromatic carbocycles. The van der Waals surface area contributed by atoms with Gasteiger partial charge in [0, 0.05) is 18.4 Å². The van der Waals surface area contributed by atoms with Gasteiger partial charge < -0.3 is 18.9 Å². The van der Waals surface area contributed by atoms with Crippen LogP contribution in [0.15, 0.2) is 95.5 Å². The zero-order valence-electron chi connectivity index (χ0n) is 25.0. The summed E-state index contributed by atoms with van der Waals surface area (Å²) in [6.45, 7) is 4.04. The van der Waals surface area contributed by atoms with E-state index in [9.17, 15) is 0 Å². The zero-order valence-corrected chi connectivity index (χ0v) is 28.1. The fourth-order valence-electron chi connectivity index (χ4n) is 5.54. The van der Waals surface area contributed by atoms with Crippen molar-refractivity contribution in [1.82, 2.24) is 0 Å². The van der Waals surface area contributed by atoms with Crippen LogP contribution >= 0.6 is 39.1 Å². The first-order chi connectivity index (χ1) is 21.5. The Kier molecular flexibility index (Phi) is 12.6. The molecule has 3 unspecified atom stereocenters. The number of hydrogen-bond donors (Lipinski definition) is 0. The Morgan fingerprint density at radius 3 is 2.16 bits per heavy atom. The fraction of sp³-hybridized carbons (Fsp3) is 0.351. The minimum atomic E-state index is -0.282.